The lowest BCUT2D eigenvalue weighted by Gasteiger charge is -2.19. The number of nitro benzene ring substituents is 1. The molecule has 0 atom stereocenters. The second-order valence-electron chi connectivity index (χ2n) is 5.46. The van der Waals surface area contributed by atoms with Crippen LogP contribution in [-0.4, -0.2) is 37.3 Å². The molecule has 2 aromatic carbocycles. The van der Waals surface area contributed by atoms with E-state index >= 15 is 0 Å². The van der Waals surface area contributed by atoms with E-state index in [-0.39, 0.29) is 33.7 Å². The molecule has 10 nitrogen and oxygen atoms in total. The second kappa shape index (κ2) is 7.79. The van der Waals surface area contributed by atoms with Crippen molar-refractivity contribution in [2.75, 3.05) is 11.4 Å². The van der Waals surface area contributed by atoms with Gasteiger partial charge in [0.05, 0.1) is 20.7 Å². The number of tetrazole rings is 1. The summed E-state index contributed by atoms with van der Waals surface area (Å²) in [5.41, 5.74) is -0.751. The highest BCUT2D eigenvalue weighted by Gasteiger charge is 2.24. The summed E-state index contributed by atoms with van der Waals surface area (Å²) in [7, 11) is 0. The predicted octanol–water partition coefficient (Wildman–Crippen LogP) is 3.14. The fourth-order valence-electron chi connectivity index (χ4n) is 2.52. The van der Waals surface area contributed by atoms with Crippen LogP contribution in [0.3, 0.4) is 0 Å². The van der Waals surface area contributed by atoms with Crippen molar-refractivity contribution in [3.8, 4) is 5.69 Å². The van der Waals surface area contributed by atoms with Gasteiger partial charge in [-0.15, -0.1) is 4.68 Å². The Labute approximate surface area is 167 Å². The number of para-hydroxylation sites is 1. The van der Waals surface area contributed by atoms with Gasteiger partial charge in [0.1, 0.15) is 5.69 Å². The van der Waals surface area contributed by atoms with Crippen molar-refractivity contribution in [3.05, 3.63) is 73.1 Å². The molecule has 0 bridgehead atoms. The maximum atomic E-state index is 12.8. The summed E-state index contributed by atoms with van der Waals surface area (Å²) in [5.74, 6) is 0. The van der Waals surface area contributed by atoms with Crippen molar-refractivity contribution >= 4 is 40.6 Å². The zero-order chi connectivity index (χ0) is 20.4. The van der Waals surface area contributed by atoms with E-state index in [1.54, 1.807) is 13.0 Å². The quantitative estimate of drug-likeness (QED) is 0.362. The van der Waals surface area contributed by atoms with Crippen LogP contribution in [0.15, 0.2) is 47.3 Å². The number of nitro groups is 1. The topological polar surface area (TPSA) is 116 Å². The van der Waals surface area contributed by atoms with Gasteiger partial charge in [0, 0.05) is 18.7 Å². The molecule has 3 rings (SSSR count). The van der Waals surface area contributed by atoms with E-state index in [1.807, 2.05) is 0 Å². The minimum atomic E-state index is -0.885. The van der Waals surface area contributed by atoms with E-state index in [0.29, 0.717) is 4.68 Å². The molecular weight excluding hydrogens is 411 g/mol. The van der Waals surface area contributed by atoms with Gasteiger partial charge in [-0.2, -0.15) is 4.68 Å². The number of amides is 1. The molecule has 0 fully saturated rings. The Bertz CT molecular complexity index is 1110. The van der Waals surface area contributed by atoms with Gasteiger partial charge >= 0.3 is 11.7 Å². The van der Waals surface area contributed by atoms with E-state index in [1.165, 1.54) is 36.4 Å². The third kappa shape index (κ3) is 3.47. The lowest BCUT2D eigenvalue weighted by Crippen LogP contribution is -2.41. The molecule has 1 amide bonds. The molecule has 0 radical (unpaired) electrons. The first kappa shape index (κ1) is 19.5. The number of halogens is 2. The number of hydrogen-bond acceptors (Lipinski definition) is 6. The molecule has 1 heterocycles. The van der Waals surface area contributed by atoms with Gasteiger partial charge in [-0.3, -0.25) is 15.0 Å². The zero-order valence-corrected chi connectivity index (χ0v) is 15.8. The van der Waals surface area contributed by atoms with Gasteiger partial charge in [0.15, 0.2) is 0 Å². The molecule has 1 aromatic heterocycles. The summed E-state index contributed by atoms with van der Waals surface area (Å²) in [6, 6.07) is 9.25. The van der Waals surface area contributed by atoms with E-state index in [4.69, 9.17) is 23.2 Å². The van der Waals surface area contributed by atoms with Gasteiger partial charge in [0.2, 0.25) is 0 Å². The Balaban J connectivity index is 2.03. The molecule has 0 saturated carbocycles. The molecule has 0 aliphatic heterocycles. The van der Waals surface area contributed by atoms with Crippen LogP contribution in [0, 0.1) is 10.1 Å². The molecular formula is C16H12Cl2N6O4. The Morgan fingerprint density at radius 2 is 1.82 bits per heavy atom. The lowest BCUT2D eigenvalue weighted by molar-refractivity contribution is -0.384. The second-order valence-corrected chi connectivity index (χ2v) is 6.27. The minimum Gasteiger partial charge on any atom is -0.292 e. The first-order valence-electron chi connectivity index (χ1n) is 7.91. The normalized spacial score (nSPS) is 10.7. The number of hydrogen-bond donors (Lipinski definition) is 0. The SMILES string of the molecule is CCN(C(=O)n1nnn(-c2c(Cl)cccc2Cl)c1=O)c1cccc([N+](=O)[O-])c1. The molecule has 12 heteroatoms. The highest BCUT2D eigenvalue weighted by Crippen LogP contribution is 2.26. The standard InChI is InChI=1S/C16H12Cl2N6O4/c1-2-21(10-5-3-6-11(9-10)24(27)28)15(25)23-16(26)22(19-20-23)14-12(17)7-4-8-13(14)18/h3-9H,2H2,1H3. The number of aromatic nitrogens is 4. The van der Waals surface area contributed by atoms with Crippen LogP contribution in [0.2, 0.25) is 10.0 Å². The summed E-state index contributed by atoms with van der Waals surface area (Å²) >= 11 is 12.2. The van der Waals surface area contributed by atoms with Gasteiger partial charge in [-0.1, -0.05) is 35.3 Å². The van der Waals surface area contributed by atoms with Crippen LogP contribution in [-0.2, 0) is 0 Å². The minimum absolute atomic E-state index is 0.0910. The molecule has 0 aliphatic carbocycles. The van der Waals surface area contributed by atoms with Crippen LogP contribution in [0.1, 0.15) is 6.92 Å². The lowest BCUT2D eigenvalue weighted by atomic mass is 10.2. The van der Waals surface area contributed by atoms with E-state index in [9.17, 15) is 19.7 Å². The molecule has 144 valence electrons. The monoisotopic (exact) mass is 422 g/mol. The van der Waals surface area contributed by atoms with Crippen molar-refractivity contribution in [1.29, 1.82) is 0 Å². The van der Waals surface area contributed by atoms with Crippen LogP contribution < -0.4 is 10.6 Å². The molecule has 0 N–H and O–H groups in total. The number of nitrogens with zero attached hydrogens (tertiary/aromatic N) is 6. The van der Waals surface area contributed by atoms with Crippen molar-refractivity contribution in [2.45, 2.75) is 6.92 Å². The van der Waals surface area contributed by atoms with Crippen molar-refractivity contribution < 1.29 is 9.72 Å². The number of non-ortho nitro benzene ring substituents is 1. The number of carbonyl (C=O) groups is 1. The maximum absolute atomic E-state index is 12.8. The van der Waals surface area contributed by atoms with Gasteiger partial charge in [0.25, 0.3) is 5.69 Å². The smallest absolute Gasteiger partial charge is 0.292 e. The fraction of sp³-hybridized carbons (Fsp3) is 0.125. The van der Waals surface area contributed by atoms with Gasteiger partial charge in [-0.05, 0) is 35.5 Å². The molecule has 0 spiro atoms. The van der Waals surface area contributed by atoms with Crippen molar-refractivity contribution in [2.24, 2.45) is 0 Å². The van der Waals surface area contributed by atoms with Crippen LogP contribution in [0.25, 0.3) is 5.69 Å². The third-order valence-electron chi connectivity index (χ3n) is 3.81. The first-order valence-corrected chi connectivity index (χ1v) is 8.66. The molecule has 0 saturated heterocycles. The van der Waals surface area contributed by atoms with Crippen LogP contribution in [0.4, 0.5) is 16.2 Å². The highest BCUT2D eigenvalue weighted by molar-refractivity contribution is 6.37. The first-order chi connectivity index (χ1) is 13.3. The molecule has 0 unspecified atom stereocenters. The van der Waals surface area contributed by atoms with Gasteiger partial charge in [-0.25, -0.2) is 9.59 Å². The van der Waals surface area contributed by atoms with E-state index in [2.05, 4.69) is 10.4 Å². The van der Waals surface area contributed by atoms with Crippen molar-refractivity contribution in [1.82, 2.24) is 19.8 Å². The number of rotatable bonds is 4. The Kier molecular flexibility index (Phi) is 5.43. The number of benzene rings is 2. The fourth-order valence-corrected chi connectivity index (χ4v) is 3.07. The Morgan fingerprint density at radius 1 is 1.18 bits per heavy atom. The summed E-state index contributed by atoms with van der Waals surface area (Å²) in [6.45, 7) is 1.78. The summed E-state index contributed by atoms with van der Waals surface area (Å²) < 4.78 is 1.34. The molecule has 0 aliphatic rings. The predicted molar refractivity (Wildman–Crippen MR) is 103 cm³/mol. The average molecular weight is 423 g/mol. The summed E-state index contributed by atoms with van der Waals surface area (Å²) in [6.07, 6.45) is 0. The number of carbonyl (C=O) groups excluding carboxylic acids is 1. The largest absolute Gasteiger partial charge is 0.377 e. The van der Waals surface area contributed by atoms with E-state index < -0.39 is 16.6 Å². The highest BCUT2D eigenvalue weighted by atomic mass is 35.5. The zero-order valence-electron chi connectivity index (χ0n) is 14.3. The number of anilines is 1. The summed E-state index contributed by atoms with van der Waals surface area (Å²) in [5, 5.41) is 18.6. The molecule has 3 aromatic rings. The summed E-state index contributed by atoms with van der Waals surface area (Å²) in [4.78, 5) is 37.1. The van der Waals surface area contributed by atoms with Crippen LogP contribution >= 0.6 is 23.2 Å². The van der Waals surface area contributed by atoms with Crippen molar-refractivity contribution in [3.63, 3.8) is 0 Å². The Morgan fingerprint density at radius 3 is 2.43 bits per heavy atom. The third-order valence-corrected chi connectivity index (χ3v) is 4.42. The average Bonchev–Trinajstić information content (AvgIpc) is 3.03. The van der Waals surface area contributed by atoms with Gasteiger partial charge < -0.3 is 0 Å². The molecule has 28 heavy (non-hydrogen) atoms. The maximum Gasteiger partial charge on any atom is 0.377 e. The Hall–Kier alpha value is -3.24. The van der Waals surface area contributed by atoms with Crippen LogP contribution in [0.5, 0.6) is 0 Å². The van der Waals surface area contributed by atoms with E-state index in [0.717, 1.165) is 9.58 Å².